The Labute approximate surface area is 62.4 Å². The molecule has 2 nitrogen and oxygen atoms in total. The molecule has 1 atom stereocenters. The predicted molar refractivity (Wildman–Crippen MR) is 40.1 cm³/mol. The predicted octanol–water partition coefficient (Wildman–Crippen LogP) is 0.807. The molecule has 1 saturated heterocycles. The second-order valence-corrected chi connectivity index (χ2v) is 2.28. The summed E-state index contributed by atoms with van der Waals surface area (Å²) in [7, 11) is 0. The first-order valence-corrected chi connectivity index (χ1v) is 3.21. The highest BCUT2D eigenvalue weighted by Crippen LogP contribution is 1.91. The maximum atomic E-state index is 5.24. The Balaban J connectivity index is 0.000000640. The van der Waals surface area contributed by atoms with Gasteiger partial charge in [-0.1, -0.05) is 0 Å². The summed E-state index contributed by atoms with van der Waals surface area (Å²) in [6.07, 6.45) is 1.16. The standard InChI is InChI=1S/C6H13NO.ClH/c1-6-5-8-4-2-3-7-6;/h6-7H,2-5H2,1H3;1H. The van der Waals surface area contributed by atoms with E-state index in [1.54, 1.807) is 0 Å². The third-order valence-corrected chi connectivity index (χ3v) is 1.33. The van der Waals surface area contributed by atoms with Crippen molar-refractivity contribution >= 4 is 12.4 Å². The maximum Gasteiger partial charge on any atom is 0.0616 e. The molecule has 3 heteroatoms. The van der Waals surface area contributed by atoms with Crippen molar-refractivity contribution in [2.45, 2.75) is 19.4 Å². The Morgan fingerprint density at radius 1 is 1.56 bits per heavy atom. The second-order valence-electron chi connectivity index (χ2n) is 2.28. The normalized spacial score (nSPS) is 28.3. The van der Waals surface area contributed by atoms with Gasteiger partial charge >= 0.3 is 0 Å². The van der Waals surface area contributed by atoms with Crippen LogP contribution in [0.5, 0.6) is 0 Å². The van der Waals surface area contributed by atoms with Crippen molar-refractivity contribution < 1.29 is 4.74 Å². The van der Waals surface area contributed by atoms with E-state index in [0.29, 0.717) is 6.04 Å². The van der Waals surface area contributed by atoms with Gasteiger partial charge in [0.15, 0.2) is 0 Å². The summed E-state index contributed by atoms with van der Waals surface area (Å²) < 4.78 is 5.24. The number of ether oxygens (including phenoxy) is 1. The molecule has 0 saturated carbocycles. The second kappa shape index (κ2) is 5.03. The zero-order chi connectivity index (χ0) is 5.82. The molecule has 0 aromatic rings. The van der Waals surface area contributed by atoms with Gasteiger partial charge in [-0.25, -0.2) is 0 Å². The van der Waals surface area contributed by atoms with Gasteiger partial charge in [-0.2, -0.15) is 0 Å². The van der Waals surface area contributed by atoms with Gasteiger partial charge in [-0.05, 0) is 19.9 Å². The van der Waals surface area contributed by atoms with Gasteiger partial charge < -0.3 is 10.1 Å². The van der Waals surface area contributed by atoms with Crippen LogP contribution in [0.2, 0.25) is 0 Å². The van der Waals surface area contributed by atoms with E-state index < -0.39 is 0 Å². The van der Waals surface area contributed by atoms with Crippen molar-refractivity contribution in [1.82, 2.24) is 5.32 Å². The molecule has 0 aliphatic carbocycles. The maximum absolute atomic E-state index is 5.24. The summed E-state index contributed by atoms with van der Waals surface area (Å²) in [5.74, 6) is 0. The minimum Gasteiger partial charge on any atom is -0.380 e. The average Bonchev–Trinajstić information content (AvgIpc) is 1.94. The zero-order valence-corrected chi connectivity index (χ0v) is 6.54. The van der Waals surface area contributed by atoms with Crippen LogP contribution in [0.15, 0.2) is 0 Å². The van der Waals surface area contributed by atoms with E-state index >= 15 is 0 Å². The van der Waals surface area contributed by atoms with Crippen LogP contribution in [0, 0.1) is 0 Å². The molecule has 1 unspecified atom stereocenters. The highest BCUT2D eigenvalue weighted by atomic mass is 35.5. The lowest BCUT2D eigenvalue weighted by atomic mass is 10.3. The summed E-state index contributed by atoms with van der Waals surface area (Å²) in [6.45, 7) is 5.06. The van der Waals surface area contributed by atoms with Crippen LogP contribution < -0.4 is 5.32 Å². The average molecular weight is 152 g/mol. The fraction of sp³-hybridized carbons (Fsp3) is 1.00. The monoisotopic (exact) mass is 151 g/mol. The van der Waals surface area contributed by atoms with Crippen LogP contribution in [0.1, 0.15) is 13.3 Å². The van der Waals surface area contributed by atoms with Gasteiger partial charge in [0.05, 0.1) is 6.61 Å². The summed E-state index contributed by atoms with van der Waals surface area (Å²) in [4.78, 5) is 0. The van der Waals surface area contributed by atoms with Gasteiger partial charge in [-0.15, -0.1) is 12.4 Å². The summed E-state index contributed by atoms with van der Waals surface area (Å²) in [5.41, 5.74) is 0. The topological polar surface area (TPSA) is 21.3 Å². The lowest BCUT2D eigenvalue weighted by molar-refractivity contribution is 0.135. The molecule has 0 aromatic heterocycles. The first kappa shape index (κ1) is 9.21. The fourth-order valence-electron chi connectivity index (χ4n) is 0.842. The Bertz CT molecular complexity index is 62.1. The lowest BCUT2D eigenvalue weighted by Crippen LogP contribution is -2.27. The SMILES string of the molecule is CC1COCCCN1.Cl. The molecule has 9 heavy (non-hydrogen) atoms. The molecule has 0 radical (unpaired) electrons. The number of hydrogen-bond donors (Lipinski definition) is 1. The minimum atomic E-state index is 0. The summed E-state index contributed by atoms with van der Waals surface area (Å²) in [6, 6.07) is 0.553. The van der Waals surface area contributed by atoms with E-state index in [1.807, 2.05) is 0 Å². The summed E-state index contributed by atoms with van der Waals surface area (Å²) in [5, 5.41) is 3.32. The number of halogens is 1. The molecule has 0 amide bonds. The van der Waals surface area contributed by atoms with Crippen LogP contribution in [0.3, 0.4) is 0 Å². The van der Waals surface area contributed by atoms with E-state index in [-0.39, 0.29) is 12.4 Å². The molecule has 1 rings (SSSR count). The van der Waals surface area contributed by atoms with Crippen LogP contribution >= 0.6 is 12.4 Å². The first-order chi connectivity index (χ1) is 3.89. The number of nitrogens with one attached hydrogen (secondary N) is 1. The van der Waals surface area contributed by atoms with Crippen molar-refractivity contribution in [1.29, 1.82) is 0 Å². The summed E-state index contributed by atoms with van der Waals surface area (Å²) >= 11 is 0. The third-order valence-electron chi connectivity index (χ3n) is 1.33. The van der Waals surface area contributed by atoms with E-state index in [9.17, 15) is 0 Å². The van der Waals surface area contributed by atoms with Crippen LogP contribution in [0.4, 0.5) is 0 Å². The van der Waals surface area contributed by atoms with Crippen LogP contribution in [-0.2, 0) is 4.74 Å². The van der Waals surface area contributed by atoms with Crippen molar-refractivity contribution in [3.8, 4) is 0 Å². The van der Waals surface area contributed by atoms with E-state index in [0.717, 1.165) is 26.2 Å². The quantitative estimate of drug-likeness (QED) is 0.553. The first-order valence-electron chi connectivity index (χ1n) is 3.21. The minimum absolute atomic E-state index is 0. The van der Waals surface area contributed by atoms with Crippen molar-refractivity contribution in [3.05, 3.63) is 0 Å². The molecule has 0 bridgehead atoms. The molecule has 1 aliphatic heterocycles. The lowest BCUT2D eigenvalue weighted by Gasteiger charge is -2.05. The molecule has 0 spiro atoms. The highest BCUT2D eigenvalue weighted by molar-refractivity contribution is 5.85. The molecule has 56 valence electrons. The molecular weight excluding hydrogens is 138 g/mol. The van der Waals surface area contributed by atoms with Crippen LogP contribution in [0.25, 0.3) is 0 Å². The Kier molecular flexibility index (Phi) is 5.15. The highest BCUT2D eigenvalue weighted by Gasteiger charge is 2.03. The number of hydrogen-bond acceptors (Lipinski definition) is 2. The molecule has 1 N–H and O–H groups in total. The van der Waals surface area contributed by atoms with Gasteiger partial charge in [-0.3, -0.25) is 0 Å². The smallest absolute Gasteiger partial charge is 0.0616 e. The Morgan fingerprint density at radius 3 is 3.11 bits per heavy atom. The Hall–Kier alpha value is 0.210. The third kappa shape index (κ3) is 3.73. The molecule has 1 heterocycles. The van der Waals surface area contributed by atoms with E-state index in [2.05, 4.69) is 12.2 Å². The van der Waals surface area contributed by atoms with Crippen molar-refractivity contribution in [3.63, 3.8) is 0 Å². The largest absolute Gasteiger partial charge is 0.380 e. The molecular formula is C6H14ClNO. The van der Waals surface area contributed by atoms with Gasteiger partial charge in [0.2, 0.25) is 0 Å². The Morgan fingerprint density at radius 2 is 2.33 bits per heavy atom. The van der Waals surface area contributed by atoms with Crippen molar-refractivity contribution in [2.24, 2.45) is 0 Å². The fourth-order valence-corrected chi connectivity index (χ4v) is 0.842. The van der Waals surface area contributed by atoms with Gasteiger partial charge in [0, 0.05) is 12.6 Å². The van der Waals surface area contributed by atoms with E-state index in [4.69, 9.17) is 4.74 Å². The zero-order valence-electron chi connectivity index (χ0n) is 5.72. The van der Waals surface area contributed by atoms with Gasteiger partial charge in [0.1, 0.15) is 0 Å². The molecule has 0 aromatic carbocycles. The van der Waals surface area contributed by atoms with Crippen LogP contribution in [-0.4, -0.2) is 25.8 Å². The van der Waals surface area contributed by atoms with Gasteiger partial charge in [0.25, 0.3) is 0 Å². The molecule has 1 fully saturated rings. The van der Waals surface area contributed by atoms with Crippen molar-refractivity contribution in [2.75, 3.05) is 19.8 Å². The molecule has 1 aliphatic rings. The number of rotatable bonds is 0. The van der Waals surface area contributed by atoms with E-state index in [1.165, 1.54) is 0 Å².